The molecule has 0 heterocycles. The smallest absolute Gasteiger partial charge is 0.309 e. The van der Waals surface area contributed by atoms with Crippen LogP contribution in [0.1, 0.15) is 25.8 Å². The average molecular weight is 244 g/mol. The molecule has 0 amide bonds. The second-order valence-electron chi connectivity index (χ2n) is 5.48. The zero-order valence-corrected chi connectivity index (χ0v) is 11.2. The van der Waals surface area contributed by atoms with Crippen LogP contribution in [0.25, 0.3) is 6.08 Å². The van der Waals surface area contributed by atoms with Crippen LogP contribution < -0.4 is 0 Å². The van der Waals surface area contributed by atoms with E-state index in [0.717, 1.165) is 6.42 Å². The number of esters is 1. The van der Waals surface area contributed by atoms with Crippen LogP contribution in [-0.4, -0.2) is 13.1 Å². The van der Waals surface area contributed by atoms with Crippen LogP contribution in [0.3, 0.4) is 0 Å². The van der Waals surface area contributed by atoms with Gasteiger partial charge in [-0.15, -0.1) is 0 Å². The number of hydrogen-bond donors (Lipinski definition) is 0. The number of carbonyl (C=O) groups is 1. The fourth-order valence-electron chi connectivity index (χ4n) is 2.69. The van der Waals surface area contributed by atoms with Gasteiger partial charge in [0, 0.05) is 0 Å². The molecule has 0 aromatic heterocycles. The summed E-state index contributed by atoms with van der Waals surface area (Å²) in [6.07, 6.45) is 5.20. The van der Waals surface area contributed by atoms with E-state index < -0.39 is 0 Å². The van der Waals surface area contributed by atoms with Crippen molar-refractivity contribution in [2.24, 2.45) is 17.3 Å². The third kappa shape index (κ3) is 2.47. The fraction of sp³-hybridized carbons (Fsp3) is 0.438. The van der Waals surface area contributed by atoms with Gasteiger partial charge in [0.1, 0.15) is 0 Å². The summed E-state index contributed by atoms with van der Waals surface area (Å²) >= 11 is 0. The van der Waals surface area contributed by atoms with Gasteiger partial charge in [-0.3, -0.25) is 4.79 Å². The Labute approximate surface area is 109 Å². The molecule has 0 aliphatic heterocycles. The monoisotopic (exact) mass is 244 g/mol. The second-order valence-corrected chi connectivity index (χ2v) is 5.48. The molecule has 2 nitrogen and oxygen atoms in total. The highest BCUT2D eigenvalue weighted by molar-refractivity contribution is 5.77. The maximum atomic E-state index is 11.6. The first-order valence-electron chi connectivity index (χ1n) is 6.37. The van der Waals surface area contributed by atoms with Crippen molar-refractivity contribution in [3.8, 4) is 0 Å². The number of hydrogen-bond acceptors (Lipinski definition) is 2. The largest absolute Gasteiger partial charge is 0.469 e. The van der Waals surface area contributed by atoms with E-state index in [4.69, 9.17) is 4.74 Å². The molecule has 0 radical (unpaired) electrons. The standard InChI is InChI=1S/C16H20O2/c1-16(2)13(14(16)15(17)18-3)11-7-10-12-8-5-4-6-9-12/h4-10,13-14H,11H2,1-3H3/b10-7+. The molecule has 1 aliphatic rings. The lowest BCUT2D eigenvalue weighted by molar-refractivity contribution is -0.143. The van der Waals surface area contributed by atoms with Crippen LogP contribution in [0.2, 0.25) is 0 Å². The van der Waals surface area contributed by atoms with Crippen molar-refractivity contribution < 1.29 is 9.53 Å². The number of ether oxygens (including phenoxy) is 1. The Hall–Kier alpha value is -1.57. The minimum atomic E-state index is -0.0712. The first kappa shape index (κ1) is 12.9. The van der Waals surface area contributed by atoms with Crippen LogP contribution in [0.15, 0.2) is 36.4 Å². The van der Waals surface area contributed by atoms with Gasteiger partial charge >= 0.3 is 5.97 Å². The third-order valence-corrected chi connectivity index (χ3v) is 4.01. The van der Waals surface area contributed by atoms with Crippen LogP contribution in [0.4, 0.5) is 0 Å². The Morgan fingerprint density at radius 1 is 1.33 bits per heavy atom. The van der Waals surface area contributed by atoms with Crippen molar-refractivity contribution in [3.05, 3.63) is 42.0 Å². The minimum Gasteiger partial charge on any atom is -0.469 e. The Kier molecular flexibility index (Phi) is 3.55. The molecule has 2 unspecified atom stereocenters. The van der Waals surface area contributed by atoms with E-state index >= 15 is 0 Å². The van der Waals surface area contributed by atoms with Crippen molar-refractivity contribution in [1.82, 2.24) is 0 Å². The summed E-state index contributed by atoms with van der Waals surface area (Å²) in [5.74, 6) is 0.394. The van der Waals surface area contributed by atoms with Crippen LogP contribution in [-0.2, 0) is 9.53 Å². The molecular formula is C16H20O2. The van der Waals surface area contributed by atoms with Crippen molar-refractivity contribution >= 4 is 12.0 Å². The van der Waals surface area contributed by atoms with E-state index in [1.807, 2.05) is 18.2 Å². The van der Waals surface area contributed by atoms with Gasteiger partial charge < -0.3 is 4.74 Å². The fourth-order valence-corrected chi connectivity index (χ4v) is 2.69. The quantitative estimate of drug-likeness (QED) is 0.757. The zero-order valence-electron chi connectivity index (χ0n) is 11.2. The molecule has 1 aromatic rings. The third-order valence-electron chi connectivity index (χ3n) is 4.01. The molecule has 96 valence electrons. The van der Waals surface area contributed by atoms with Crippen LogP contribution in [0, 0.1) is 17.3 Å². The molecule has 18 heavy (non-hydrogen) atoms. The summed E-state index contributed by atoms with van der Waals surface area (Å²) in [7, 11) is 1.47. The molecular weight excluding hydrogens is 224 g/mol. The van der Waals surface area contributed by atoms with Gasteiger partial charge in [-0.25, -0.2) is 0 Å². The lowest BCUT2D eigenvalue weighted by Crippen LogP contribution is -2.07. The molecule has 1 aromatic carbocycles. The van der Waals surface area contributed by atoms with E-state index in [0.29, 0.717) is 5.92 Å². The summed E-state index contributed by atoms with van der Waals surface area (Å²) < 4.78 is 4.84. The molecule has 0 spiro atoms. The highest BCUT2D eigenvalue weighted by Crippen LogP contribution is 2.60. The van der Waals surface area contributed by atoms with Gasteiger partial charge in [0.2, 0.25) is 0 Å². The molecule has 0 saturated heterocycles. The Bertz CT molecular complexity index is 445. The van der Waals surface area contributed by atoms with Crippen molar-refractivity contribution in [2.45, 2.75) is 20.3 Å². The Morgan fingerprint density at radius 3 is 2.61 bits per heavy atom. The van der Waals surface area contributed by atoms with Crippen molar-refractivity contribution in [3.63, 3.8) is 0 Å². The average Bonchev–Trinajstić information content (AvgIpc) is 2.92. The summed E-state index contributed by atoms with van der Waals surface area (Å²) in [6.45, 7) is 4.27. The topological polar surface area (TPSA) is 26.3 Å². The van der Waals surface area contributed by atoms with Gasteiger partial charge in [-0.2, -0.15) is 0 Å². The normalized spacial score (nSPS) is 25.1. The molecule has 1 fully saturated rings. The lowest BCUT2D eigenvalue weighted by atomic mass is 10.1. The van der Waals surface area contributed by atoms with E-state index in [9.17, 15) is 4.79 Å². The van der Waals surface area contributed by atoms with Crippen molar-refractivity contribution in [2.75, 3.05) is 7.11 Å². The molecule has 0 N–H and O–H groups in total. The van der Waals surface area contributed by atoms with E-state index in [2.05, 4.69) is 38.1 Å². The minimum absolute atomic E-state index is 0.0583. The van der Waals surface area contributed by atoms with Gasteiger partial charge in [0.15, 0.2) is 0 Å². The first-order valence-corrected chi connectivity index (χ1v) is 6.37. The van der Waals surface area contributed by atoms with Crippen molar-refractivity contribution in [1.29, 1.82) is 0 Å². The molecule has 2 atom stereocenters. The molecule has 1 saturated carbocycles. The molecule has 0 bridgehead atoms. The Morgan fingerprint density at radius 2 is 2.00 bits per heavy atom. The van der Waals surface area contributed by atoms with E-state index in [-0.39, 0.29) is 17.3 Å². The highest BCUT2D eigenvalue weighted by atomic mass is 16.5. The molecule has 1 aliphatic carbocycles. The van der Waals surface area contributed by atoms with E-state index in [1.165, 1.54) is 12.7 Å². The number of carbonyl (C=O) groups excluding carboxylic acids is 1. The predicted octanol–water partition coefficient (Wildman–Crippen LogP) is 3.54. The van der Waals surface area contributed by atoms with Gasteiger partial charge in [-0.05, 0) is 23.3 Å². The maximum absolute atomic E-state index is 11.6. The summed E-state index contributed by atoms with van der Waals surface area (Å²) in [5.41, 5.74) is 1.28. The lowest BCUT2D eigenvalue weighted by Gasteiger charge is -1.99. The van der Waals surface area contributed by atoms with Gasteiger partial charge in [0.05, 0.1) is 13.0 Å². The highest BCUT2D eigenvalue weighted by Gasteiger charge is 2.61. The van der Waals surface area contributed by atoms with E-state index in [1.54, 1.807) is 0 Å². The number of rotatable bonds is 4. The van der Waals surface area contributed by atoms with Gasteiger partial charge in [0.25, 0.3) is 0 Å². The predicted molar refractivity (Wildman–Crippen MR) is 72.9 cm³/mol. The SMILES string of the molecule is COC(=O)C1C(C/C=C/c2ccccc2)C1(C)C. The van der Waals surface area contributed by atoms with Crippen LogP contribution >= 0.6 is 0 Å². The summed E-state index contributed by atoms with van der Waals surface area (Å²) in [5, 5.41) is 0. The summed E-state index contributed by atoms with van der Waals surface area (Å²) in [4.78, 5) is 11.6. The number of allylic oxidation sites excluding steroid dienone is 1. The van der Waals surface area contributed by atoms with Crippen LogP contribution in [0.5, 0.6) is 0 Å². The maximum Gasteiger partial charge on any atom is 0.309 e. The molecule has 2 heteroatoms. The second kappa shape index (κ2) is 4.97. The number of methoxy groups -OCH3 is 1. The zero-order chi connectivity index (χ0) is 13.2. The molecule has 2 rings (SSSR count). The van der Waals surface area contributed by atoms with Gasteiger partial charge in [-0.1, -0.05) is 56.3 Å². The Balaban J connectivity index is 1.92. The number of benzene rings is 1. The first-order chi connectivity index (χ1) is 8.57. The summed E-state index contributed by atoms with van der Waals surface area (Å²) in [6, 6.07) is 10.2.